The highest BCUT2D eigenvalue weighted by molar-refractivity contribution is 6.14. The van der Waals surface area contributed by atoms with Gasteiger partial charge in [-0.1, -0.05) is 36.4 Å². The molecule has 3 N–H and O–H groups in total. The third-order valence-corrected chi connectivity index (χ3v) is 5.57. The average Bonchev–Trinajstić information content (AvgIpc) is 3.26. The number of nitrogens with zero attached hydrogens (tertiary/aromatic N) is 1. The number of amides is 1. The molecular formula is C20H15N3O2. The first-order valence-electron chi connectivity index (χ1n) is 8.45. The van der Waals surface area contributed by atoms with Crippen LogP contribution in [0.4, 0.5) is 5.69 Å². The fourth-order valence-corrected chi connectivity index (χ4v) is 4.61. The van der Waals surface area contributed by atoms with Gasteiger partial charge in [-0.25, -0.2) is 0 Å². The summed E-state index contributed by atoms with van der Waals surface area (Å²) in [5.41, 5.74) is 6.62. The first kappa shape index (κ1) is 13.3. The van der Waals surface area contributed by atoms with Crippen molar-refractivity contribution in [3.05, 3.63) is 71.0 Å². The lowest BCUT2D eigenvalue weighted by atomic mass is 9.92. The van der Waals surface area contributed by atoms with Gasteiger partial charge in [-0.05, 0) is 17.7 Å². The normalized spacial score (nSPS) is 23.4. The van der Waals surface area contributed by atoms with E-state index in [1.54, 1.807) is 0 Å². The van der Waals surface area contributed by atoms with E-state index in [9.17, 15) is 9.90 Å². The van der Waals surface area contributed by atoms with Gasteiger partial charge in [0.15, 0.2) is 6.23 Å². The Morgan fingerprint density at radius 3 is 2.80 bits per heavy atom. The molecule has 1 aromatic heterocycles. The summed E-state index contributed by atoms with van der Waals surface area (Å²) in [7, 11) is 0. The number of rotatable bonds is 0. The second kappa shape index (κ2) is 4.32. The van der Waals surface area contributed by atoms with Gasteiger partial charge in [-0.3, -0.25) is 4.79 Å². The Kier molecular flexibility index (Phi) is 2.29. The molecule has 0 fully saturated rings. The Morgan fingerprint density at radius 2 is 1.88 bits per heavy atom. The molecule has 3 aliphatic heterocycles. The van der Waals surface area contributed by atoms with Crippen LogP contribution in [0.1, 0.15) is 22.9 Å². The maximum absolute atomic E-state index is 12.7. The van der Waals surface area contributed by atoms with Gasteiger partial charge in [0.05, 0.1) is 6.04 Å². The zero-order valence-electron chi connectivity index (χ0n) is 13.3. The number of benzene rings is 2. The number of aromatic nitrogens is 1. The molecule has 122 valence electrons. The Morgan fingerprint density at radius 1 is 1.08 bits per heavy atom. The van der Waals surface area contributed by atoms with Gasteiger partial charge in [0.25, 0.3) is 5.91 Å². The second-order valence-electron chi connectivity index (χ2n) is 6.82. The molecule has 0 aliphatic carbocycles. The Hall–Kier alpha value is -3.05. The number of para-hydroxylation sites is 2. The van der Waals surface area contributed by atoms with Crippen LogP contribution in [0.2, 0.25) is 0 Å². The van der Waals surface area contributed by atoms with Gasteiger partial charge in [-0.2, -0.15) is 0 Å². The van der Waals surface area contributed by atoms with Crippen molar-refractivity contribution in [3.8, 4) is 0 Å². The molecule has 3 aliphatic rings. The zero-order chi connectivity index (χ0) is 16.7. The number of H-pyrrole nitrogens is 1. The van der Waals surface area contributed by atoms with Crippen molar-refractivity contribution >= 4 is 28.1 Å². The standard InChI is InChI=1S/C20H15N3O2/c24-19-16-15-11-6-2-3-7-12(11)21-17(15)14-9-10-5-1-4-8-13(10)23(14)18(16)20(25)22-19/h1-8,14,19,21,24H,9H2,(H,22,25). The summed E-state index contributed by atoms with van der Waals surface area (Å²) in [5.74, 6) is -0.208. The first-order chi connectivity index (χ1) is 12.2. The molecule has 3 aromatic rings. The molecule has 1 amide bonds. The number of hydrogen-bond acceptors (Lipinski definition) is 3. The van der Waals surface area contributed by atoms with Crippen LogP contribution in [0.15, 0.2) is 54.2 Å². The summed E-state index contributed by atoms with van der Waals surface area (Å²) in [6.07, 6.45) is -0.134. The van der Waals surface area contributed by atoms with Crippen LogP contribution in [0.3, 0.4) is 0 Å². The molecule has 2 atom stereocenters. The van der Waals surface area contributed by atoms with Crippen LogP contribution in [0.5, 0.6) is 0 Å². The lowest BCUT2D eigenvalue weighted by molar-refractivity contribution is -0.118. The van der Waals surface area contributed by atoms with Crippen LogP contribution in [-0.2, 0) is 11.2 Å². The minimum Gasteiger partial charge on any atom is -0.369 e. The molecule has 6 rings (SSSR count). The molecule has 0 spiro atoms. The van der Waals surface area contributed by atoms with Gasteiger partial charge >= 0.3 is 0 Å². The summed E-state index contributed by atoms with van der Waals surface area (Å²) in [6, 6.07) is 16.3. The van der Waals surface area contributed by atoms with E-state index in [1.165, 1.54) is 5.56 Å². The molecule has 2 unspecified atom stereocenters. The maximum Gasteiger partial charge on any atom is 0.270 e. The predicted octanol–water partition coefficient (Wildman–Crippen LogP) is 2.44. The molecule has 2 aromatic carbocycles. The first-order valence-corrected chi connectivity index (χ1v) is 8.45. The third-order valence-electron chi connectivity index (χ3n) is 5.57. The zero-order valence-corrected chi connectivity index (χ0v) is 13.3. The average molecular weight is 329 g/mol. The van der Waals surface area contributed by atoms with E-state index < -0.39 is 6.23 Å². The molecule has 0 saturated carbocycles. The number of carbonyl (C=O) groups is 1. The Balaban J connectivity index is 1.74. The fraction of sp³-hybridized carbons (Fsp3) is 0.150. The highest BCUT2D eigenvalue weighted by Gasteiger charge is 2.48. The molecule has 4 heterocycles. The molecule has 0 saturated heterocycles. The molecule has 25 heavy (non-hydrogen) atoms. The van der Waals surface area contributed by atoms with Crippen molar-refractivity contribution in [1.82, 2.24) is 10.3 Å². The minimum absolute atomic E-state index is 0.0506. The van der Waals surface area contributed by atoms with Gasteiger partial charge in [0, 0.05) is 39.8 Å². The van der Waals surface area contributed by atoms with Crippen molar-refractivity contribution in [2.45, 2.75) is 18.7 Å². The summed E-state index contributed by atoms with van der Waals surface area (Å²) in [6.45, 7) is 0. The molecule has 0 radical (unpaired) electrons. The lowest BCUT2D eigenvalue weighted by Gasteiger charge is -2.32. The molecule has 5 heteroatoms. The summed E-state index contributed by atoms with van der Waals surface area (Å²) in [5, 5.41) is 14.3. The van der Waals surface area contributed by atoms with E-state index in [0.29, 0.717) is 11.3 Å². The number of aliphatic hydroxyl groups excluding tert-OH is 1. The topological polar surface area (TPSA) is 68.4 Å². The summed E-state index contributed by atoms with van der Waals surface area (Å²) >= 11 is 0. The van der Waals surface area contributed by atoms with Crippen LogP contribution in [0, 0.1) is 0 Å². The van der Waals surface area contributed by atoms with E-state index in [4.69, 9.17) is 0 Å². The van der Waals surface area contributed by atoms with Crippen LogP contribution in [-0.4, -0.2) is 22.2 Å². The van der Waals surface area contributed by atoms with E-state index in [1.807, 2.05) is 42.5 Å². The van der Waals surface area contributed by atoms with E-state index in [-0.39, 0.29) is 11.9 Å². The van der Waals surface area contributed by atoms with Crippen molar-refractivity contribution < 1.29 is 9.90 Å². The number of nitrogens with one attached hydrogen (secondary N) is 2. The second-order valence-corrected chi connectivity index (χ2v) is 6.82. The monoisotopic (exact) mass is 329 g/mol. The van der Waals surface area contributed by atoms with Gasteiger partial charge in [0.1, 0.15) is 5.70 Å². The minimum atomic E-state index is -0.978. The fourth-order valence-electron chi connectivity index (χ4n) is 4.61. The van der Waals surface area contributed by atoms with E-state index in [2.05, 4.69) is 21.3 Å². The number of aliphatic hydroxyl groups is 1. The van der Waals surface area contributed by atoms with Crippen molar-refractivity contribution in [3.63, 3.8) is 0 Å². The van der Waals surface area contributed by atoms with Gasteiger partial charge < -0.3 is 20.3 Å². The van der Waals surface area contributed by atoms with Crippen molar-refractivity contribution in [2.75, 3.05) is 4.90 Å². The number of carbonyl (C=O) groups excluding carboxylic acids is 1. The highest BCUT2D eigenvalue weighted by atomic mass is 16.3. The largest absolute Gasteiger partial charge is 0.369 e. The quantitative estimate of drug-likeness (QED) is 0.593. The summed E-state index contributed by atoms with van der Waals surface area (Å²) in [4.78, 5) is 18.3. The maximum atomic E-state index is 12.7. The number of hydrogen-bond donors (Lipinski definition) is 3. The number of anilines is 1. The van der Waals surface area contributed by atoms with Crippen molar-refractivity contribution in [2.24, 2.45) is 0 Å². The number of aromatic amines is 1. The SMILES string of the molecule is O=C1NC(O)C2=C1N1c3ccccc3CC1c1[nH]c3ccccc3c12. The van der Waals surface area contributed by atoms with Crippen LogP contribution < -0.4 is 10.2 Å². The summed E-state index contributed by atoms with van der Waals surface area (Å²) < 4.78 is 0. The van der Waals surface area contributed by atoms with E-state index in [0.717, 1.165) is 34.3 Å². The highest BCUT2D eigenvalue weighted by Crippen LogP contribution is 2.52. The van der Waals surface area contributed by atoms with Crippen molar-refractivity contribution in [1.29, 1.82) is 0 Å². The molecule has 0 bridgehead atoms. The van der Waals surface area contributed by atoms with Gasteiger partial charge in [0.2, 0.25) is 0 Å². The van der Waals surface area contributed by atoms with Crippen LogP contribution >= 0.6 is 0 Å². The smallest absolute Gasteiger partial charge is 0.270 e. The lowest BCUT2D eigenvalue weighted by Crippen LogP contribution is -2.33. The van der Waals surface area contributed by atoms with Gasteiger partial charge in [-0.15, -0.1) is 0 Å². The predicted molar refractivity (Wildman–Crippen MR) is 94.7 cm³/mol. The number of fused-ring (bicyclic) bond motifs is 9. The van der Waals surface area contributed by atoms with E-state index >= 15 is 0 Å². The Labute approximate surface area is 143 Å². The molecule has 5 nitrogen and oxygen atoms in total. The van der Waals surface area contributed by atoms with Crippen LogP contribution in [0.25, 0.3) is 16.5 Å². The third kappa shape index (κ3) is 1.49. The molecular weight excluding hydrogens is 314 g/mol. The Bertz CT molecular complexity index is 1110.